The summed E-state index contributed by atoms with van der Waals surface area (Å²) >= 11 is 6.34. The fourth-order valence-electron chi connectivity index (χ4n) is 3.97. The van der Waals surface area contributed by atoms with Crippen molar-refractivity contribution in [3.8, 4) is 11.5 Å². The second-order valence-corrected chi connectivity index (χ2v) is 7.92. The van der Waals surface area contributed by atoms with Crippen molar-refractivity contribution in [2.24, 2.45) is 0 Å². The van der Waals surface area contributed by atoms with E-state index >= 15 is 0 Å². The van der Waals surface area contributed by atoms with Crippen LogP contribution in [0.3, 0.4) is 0 Å². The summed E-state index contributed by atoms with van der Waals surface area (Å²) in [7, 11) is 5.32. The number of nitrogens with zero attached hydrogens (tertiary/aromatic N) is 1. The zero-order valence-corrected chi connectivity index (χ0v) is 17.9. The maximum Gasteiger partial charge on any atom is 0.340 e. The molecule has 0 bridgehead atoms. The first kappa shape index (κ1) is 20.1. The lowest BCUT2D eigenvalue weighted by atomic mass is 9.78. The minimum absolute atomic E-state index is 0.0142. The number of esters is 1. The molecular formula is C24H22ClNO4. The smallest absolute Gasteiger partial charge is 0.340 e. The molecule has 1 heterocycles. The summed E-state index contributed by atoms with van der Waals surface area (Å²) in [5.74, 6) is 0.0166. The number of halogens is 1. The zero-order chi connectivity index (χ0) is 21.6. The summed E-state index contributed by atoms with van der Waals surface area (Å²) in [4.78, 5) is 14.8. The molecular weight excluding hydrogens is 402 g/mol. The van der Waals surface area contributed by atoms with Gasteiger partial charge < -0.3 is 19.5 Å². The maximum absolute atomic E-state index is 12.9. The van der Waals surface area contributed by atoms with E-state index in [1.54, 1.807) is 30.3 Å². The summed E-state index contributed by atoms with van der Waals surface area (Å²) in [6.07, 6.45) is 0. The van der Waals surface area contributed by atoms with E-state index in [2.05, 4.69) is 0 Å². The first-order chi connectivity index (χ1) is 14.3. The summed E-state index contributed by atoms with van der Waals surface area (Å²) < 4.78 is 11.7. The summed E-state index contributed by atoms with van der Waals surface area (Å²) in [5, 5.41) is 11.6. The van der Waals surface area contributed by atoms with E-state index < -0.39 is 11.6 Å². The van der Waals surface area contributed by atoms with Crippen molar-refractivity contribution >= 4 is 23.3 Å². The minimum Gasteiger partial charge on any atom is -0.507 e. The van der Waals surface area contributed by atoms with Crippen LogP contribution >= 0.6 is 11.6 Å². The molecule has 0 amide bonds. The Labute approximate surface area is 180 Å². The fraction of sp³-hybridized carbons (Fsp3) is 0.208. The number of hydrogen-bond acceptors (Lipinski definition) is 5. The van der Waals surface area contributed by atoms with E-state index in [1.807, 2.05) is 50.2 Å². The standard InChI is InChI=1S/C24H22ClNO4/c1-14-11-19(22(29-4)13-20(14)25)24(17-8-6-5-7-16(17)23(28)30-24)18-10-9-15(26(2)3)12-21(18)27/h5-13,27H,1-4H3. The third-order valence-electron chi connectivity index (χ3n) is 5.51. The highest BCUT2D eigenvalue weighted by atomic mass is 35.5. The predicted molar refractivity (Wildman–Crippen MR) is 117 cm³/mol. The molecule has 3 aromatic carbocycles. The van der Waals surface area contributed by atoms with Crippen LogP contribution in [0.1, 0.15) is 32.6 Å². The third kappa shape index (κ3) is 2.89. The highest BCUT2D eigenvalue weighted by Crippen LogP contribution is 2.53. The number of fused-ring (bicyclic) bond motifs is 1. The average molecular weight is 424 g/mol. The van der Waals surface area contributed by atoms with E-state index in [9.17, 15) is 9.90 Å². The largest absolute Gasteiger partial charge is 0.507 e. The molecule has 1 aliphatic rings. The Balaban J connectivity index is 2.10. The van der Waals surface area contributed by atoms with Crippen molar-refractivity contribution in [3.63, 3.8) is 0 Å². The van der Waals surface area contributed by atoms with E-state index in [0.717, 1.165) is 11.3 Å². The number of anilines is 1. The summed E-state index contributed by atoms with van der Waals surface area (Å²) in [6, 6.07) is 16.0. The van der Waals surface area contributed by atoms with Crippen LogP contribution < -0.4 is 9.64 Å². The Morgan fingerprint density at radius 3 is 2.43 bits per heavy atom. The van der Waals surface area contributed by atoms with E-state index in [0.29, 0.717) is 33.0 Å². The number of carbonyl (C=O) groups is 1. The zero-order valence-electron chi connectivity index (χ0n) is 17.2. The molecule has 0 fully saturated rings. The minimum atomic E-state index is -1.37. The van der Waals surface area contributed by atoms with Crippen molar-refractivity contribution in [2.75, 3.05) is 26.1 Å². The Morgan fingerprint density at radius 2 is 1.77 bits per heavy atom. The molecule has 0 radical (unpaired) electrons. The van der Waals surface area contributed by atoms with Gasteiger partial charge in [-0.05, 0) is 42.8 Å². The molecule has 3 aromatic rings. The third-order valence-corrected chi connectivity index (χ3v) is 5.92. The number of ether oxygens (including phenoxy) is 2. The quantitative estimate of drug-likeness (QED) is 0.605. The van der Waals surface area contributed by atoms with Crippen LogP contribution in [-0.2, 0) is 10.3 Å². The van der Waals surface area contributed by atoms with Gasteiger partial charge in [-0.3, -0.25) is 0 Å². The van der Waals surface area contributed by atoms with Crippen molar-refractivity contribution in [1.29, 1.82) is 0 Å². The molecule has 30 heavy (non-hydrogen) atoms. The monoisotopic (exact) mass is 423 g/mol. The molecule has 6 heteroatoms. The van der Waals surface area contributed by atoms with Crippen LogP contribution in [0.15, 0.2) is 54.6 Å². The maximum atomic E-state index is 12.9. The first-order valence-corrected chi connectivity index (χ1v) is 9.85. The van der Waals surface area contributed by atoms with Gasteiger partial charge in [-0.1, -0.05) is 29.8 Å². The highest BCUT2D eigenvalue weighted by molar-refractivity contribution is 6.31. The summed E-state index contributed by atoms with van der Waals surface area (Å²) in [5.41, 5.74) is 2.39. The number of carbonyl (C=O) groups excluding carboxylic acids is 1. The first-order valence-electron chi connectivity index (χ1n) is 9.48. The van der Waals surface area contributed by atoms with Crippen LogP contribution in [0.4, 0.5) is 5.69 Å². The lowest BCUT2D eigenvalue weighted by Crippen LogP contribution is -2.30. The highest BCUT2D eigenvalue weighted by Gasteiger charge is 2.51. The Kier molecular flexibility index (Phi) is 4.86. The molecule has 0 saturated heterocycles. The number of cyclic esters (lactones) is 1. The van der Waals surface area contributed by atoms with Crippen molar-refractivity contribution < 1.29 is 19.4 Å². The van der Waals surface area contributed by atoms with Gasteiger partial charge in [0, 0.05) is 47.6 Å². The van der Waals surface area contributed by atoms with Gasteiger partial charge in [0.05, 0.1) is 12.7 Å². The van der Waals surface area contributed by atoms with E-state index in [1.165, 1.54) is 7.11 Å². The van der Waals surface area contributed by atoms with Gasteiger partial charge in [-0.15, -0.1) is 0 Å². The Morgan fingerprint density at radius 1 is 1.03 bits per heavy atom. The molecule has 4 rings (SSSR count). The van der Waals surface area contributed by atoms with Crippen LogP contribution in [0, 0.1) is 6.92 Å². The molecule has 0 aromatic heterocycles. The molecule has 1 aliphatic heterocycles. The van der Waals surface area contributed by atoms with E-state index in [-0.39, 0.29) is 5.75 Å². The molecule has 1 unspecified atom stereocenters. The normalized spacial score (nSPS) is 17.4. The number of rotatable bonds is 4. The number of benzene rings is 3. The second-order valence-electron chi connectivity index (χ2n) is 7.51. The van der Waals surface area contributed by atoms with Gasteiger partial charge in [0.1, 0.15) is 11.5 Å². The number of hydrogen-bond donors (Lipinski definition) is 1. The Hall–Kier alpha value is -3.18. The van der Waals surface area contributed by atoms with E-state index in [4.69, 9.17) is 21.1 Å². The summed E-state index contributed by atoms with van der Waals surface area (Å²) in [6.45, 7) is 1.87. The molecule has 0 aliphatic carbocycles. The molecule has 1 N–H and O–H groups in total. The number of aryl methyl sites for hydroxylation is 1. The number of phenolic OH excluding ortho intramolecular Hbond substituents is 1. The number of phenols is 1. The van der Waals surface area contributed by atoms with Crippen molar-refractivity contribution in [3.05, 3.63) is 87.4 Å². The van der Waals surface area contributed by atoms with Crippen molar-refractivity contribution in [1.82, 2.24) is 0 Å². The SMILES string of the molecule is COc1cc(Cl)c(C)cc1C1(c2ccc(N(C)C)cc2O)OC(=O)c2ccccc21. The molecule has 0 saturated carbocycles. The molecule has 0 spiro atoms. The second kappa shape index (κ2) is 7.26. The van der Waals surface area contributed by atoms with Gasteiger partial charge >= 0.3 is 5.97 Å². The van der Waals surface area contributed by atoms with Crippen LogP contribution in [0.25, 0.3) is 0 Å². The van der Waals surface area contributed by atoms with Crippen LogP contribution in [0.2, 0.25) is 5.02 Å². The number of methoxy groups -OCH3 is 1. The van der Waals surface area contributed by atoms with Gasteiger partial charge in [-0.2, -0.15) is 0 Å². The van der Waals surface area contributed by atoms with Gasteiger partial charge in [0.15, 0.2) is 5.60 Å². The van der Waals surface area contributed by atoms with Crippen LogP contribution in [-0.4, -0.2) is 32.3 Å². The topological polar surface area (TPSA) is 59.0 Å². The van der Waals surface area contributed by atoms with Gasteiger partial charge in [0.2, 0.25) is 0 Å². The lowest BCUT2D eigenvalue weighted by Gasteiger charge is -2.32. The van der Waals surface area contributed by atoms with Gasteiger partial charge in [0.25, 0.3) is 0 Å². The lowest BCUT2D eigenvalue weighted by molar-refractivity contribution is 0.0239. The molecule has 154 valence electrons. The Bertz CT molecular complexity index is 1160. The molecule has 5 nitrogen and oxygen atoms in total. The average Bonchev–Trinajstić information content (AvgIpc) is 3.03. The van der Waals surface area contributed by atoms with Crippen LogP contribution in [0.5, 0.6) is 11.5 Å². The van der Waals surface area contributed by atoms with Gasteiger partial charge in [-0.25, -0.2) is 4.79 Å². The predicted octanol–water partition coefficient (Wildman–Crippen LogP) is 4.89. The molecule has 1 atom stereocenters. The van der Waals surface area contributed by atoms with Crippen molar-refractivity contribution in [2.45, 2.75) is 12.5 Å². The fourth-order valence-corrected chi connectivity index (χ4v) is 4.12. The number of aromatic hydroxyl groups is 1.